The maximum atomic E-state index is 12.6. The number of hydrogen-bond acceptors (Lipinski definition) is 5. The van der Waals surface area contributed by atoms with Gasteiger partial charge < -0.3 is 10.6 Å². The number of halogens is 2. The first-order valence-electron chi connectivity index (χ1n) is 8.57. The summed E-state index contributed by atoms with van der Waals surface area (Å²) in [5.41, 5.74) is 0.528. The fraction of sp³-hybridized carbons (Fsp3) is 0.389. The molecule has 0 aliphatic heterocycles. The van der Waals surface area contributed by atoms with Crippen molar-refractivity contribution in [3.05, 3.63) is 39.9 Å². The molecule has 0 saturated heterocycles. The zero-order valence-electron chi connectivity index (χ0n) is 15.7. The van der Waals surface area contributed by atoms with Crippen molar-refractivity contribution >= 4 is 35.0 Å². The number of amides is 2. The molecule has 0 aliphatic rings. The Morgan fingerprint density at radius 2 is 2.04 bits per heavy atom. The van der Waals surface area contributed by atoms with Gasteiger partial charge in [0.25, 0.3) is 5.91 Å². The highest BCUT2D eigenvalue weighted by atomic mass is 35.5. The third kappa shape index (κ3) is 5.44. The molecule has 2 rings (SSSR count). The Morgan fingerprint density at radius 1 is 1.32 bits per heavy atom. The van der Waals surface area contributed by atoms with Gasteiger partial charge in [-0.05, 0) is 37.5 Å². The van der Waals surface area contributed by atoms with Gasteiger partial charge in [-0.2, -0.15) is 5.26 Å². The molecule has 0 spiro atoms. The van der Waals surface area contributed by atoms with Gasteiger partial charge in [-0.15, -0.1) is 5.10 Å². The predicted molar refractivity (Wildman–Crippen MR) is 105 cm³/mol. The summed E-state index contributed by atoms with van der Waals surface area (Å²) in [6.45, 7) is 5.40. The molecule has 0 aliphatic carbocycles. The molecule has 2 amide bonds. The van der Waals surface area contributed by atoms with Crippen LogP contribution in [0.2, 0.25) is 10.0 Å². The van der Waals surface area contributed by atoms with Crippen molar-refractivity contribution in [2.24, 2.45) is 5.92 Å². The average molecular weight is 423 g/mol. The molecule has 0 radical (unpaired) electrons. The summed E-state index contributed by atoms with van der Waals surface area (Å²) in [6.07, 6.45) is 0.408. The van der Waals surface area contributed by atoms with E-state index in [-0.39, 0.29) is 18.3 Å². The topological polar surface area (TPSA) is 113 Å². The van der Waals surface area contributed by atoms with Gasteiger partial charge in [-0.1, -0.05) is 37.0 Å². The lowest BCUT2D eigenvalue weighted by Crippen LogP contribution is -2.47. The van der Waals surface area contributed by atoms with Gasteiger partial charge in [0.15, 0.2) is 0 Å². The fourth-order valence-electron chi connectivity index (χ4n) is 2.54. The monoisotopic (exact) mass is 422 g/mol. The van der Waals surface area contributed by atoms with E-state index < -0.39 is 17.9 Å². The van der Waals surface area contributed by atoms with Crippen molar-refractivity contribution < 1.29 is 9.59 Å². The molecule has 1 aromatic heterocycles. The Labute approximate surface area is 172 Å². The lowest BCUT2D eigenvalue weighted by Gasteiger charge is -2.18. The predicted octanol–water partition coefficient (Wildman–Crippen LogP) is 2.67. The summed E-state index contributed by atoms with van der Waals surface area (Å²) in [7, 11) is 0. The number of nitriles is 1. The number of rotatable bonds is 7. The summed E-state index contributed by atoms with van der Waals surface area (Å²) in [5.74, 6) is -0.516. The molecule has 0 saturated carbocycles. The van der Waals surface area contributed by atoms with E-state index in [1.54, 1.807) is 25.1 Å². The molecule has 1 heterocycles. The Morgan fingerprint density at radius 3 is 2.64 bits per heavy atom. The maximum absolute atomic E-state index is 12.6. The van der Waals surface area contributed by atoms with Crippen molar-refractivity contribution in [1.29, 1.82) is 5.26 Å². The van der Waals surface area contributed by atoms with Crippen molar-refractivity contribution in [1.82, 2.24) is 25.4 Å². The second-order valence-corrected chi connectivity index (χ2v) is 7.37. The summed E-state index contributed by atoms with van der Waals surface area (Å²) in [6, 6.07) is 5.93. The van der Waals surface area contributed by atoms with Crippen LogP contribution in [0.15, 0.2) is 18.2 Å². The molecule has 2 N–H and O–H groups in total. The number of hydrogen-bond donors (Lipinski definition) is 2. The molecule has 2 aromatic rings. The number of aryl methyl sites for hydroxylation is 1. The Bertz CT molecular complexity index is 919. The van der Waals surface area contributed by atoms with Crippen LogP contribution in [-0.4, -0.2) is 39.2 Å². The molecule has 0 unspecified atom stereocenters. The Hall–Kier alpha value is -2.63. The minimum absolute atomic E-state index is 0.0923. The van der Waals surface area contributed by atoms with Crippen LogP contribution in [0.4, 0.5) is 0 Å². The average Bonchev–Trinajstić information content (AvgIpc) is 3.00. The molecule has 1 aromatic carbocycles. The highest BCUT2D eigenvalue weighted by molar-refractivity contribution is 6.35. The van der Waals surface area contributed by atoms with E-state index in [0.717, 1.165) is 0 Å². The van der Waals surface area contributed by atoms with Crippen LogP contribution in [0.3, 0.4) is 0 Å². The quantitative estimate of drug-likeness (QED) is 0.665. The zero-order valence-corrected chi connectivity index (χ0v) is 17.2. The molecule has 0 bridgehead atoms. The Kier molecular flexibility index (Phi) is 7.38. The number of aromatic nitrogens is 3. The molecule has 0 fully saturated rings. The van der Waals surface area contributed by atoms with Gasteiger partial charge >= 0.3 is 0 Å². The minimum Gasteiger partial charge on any atom is -0.341 e. The summed E-state index contributed by atoms with van der Waals surface area (Å²) in [4.78, 5) is 29.0. The first-order valence-corrected chi connectivity index (χ1v) is 9.33. The van der Waals surface area contributed by atoms with Crippen LogP contribution in [-0.2, 0) is 4.79 Å². The summed E-state index contributed by atoms with van der Waals surface area (Å²) < 4.78 is 1.43. The van der Waals surface area contributed by atoms with Crippen molar-refractivity contribution in [3.8, 4) is 11.8 Å². The standard InChI is InChI=1S/C18H20Cl2N6O2/c1-10(2)8-14(17(27)22-7-6-21)24-18(28)16-23-11(3)26(25-16)15-5-4-12(19)9-13(15)20/h4-5,9-10,14H,7-8H2,1-3H3,(H,22,27)(H,24,28)/t14-/m0/s1. The zero-order chi connectivity index (χ0) is 20.8. The summed E-state index contributed by atoms with van der Waals surface area (Å²) in [5, 5.41) is 18.8. The fourth-order valence-corrected chi connectivity index (χ4v) is 3.03. The normalized spacial score (nSPS) is 11.8. The van der Waals surface area contributed by atoms with Crippen LogP contribution >= 0.6 is 23.2 Å². The van der Waals surface area contributed by atoms with Gasteiger partial charge in [0.1, 0.15) is 18.4 Å². The van der Waals surface area contributed by atoms with E-state index >= 15 is 0 Å². The third-order valence-electron chi connectivity index (χ3n) is 3.78. The van der Waals surface area contributed by atoms with E-state index in [2.05, 4.69) is 20.7 Å². The minimum atomic E-state index is -0.799. The van der Waals surface area contributed by atoms with Gasteiger partial charge in [0.2, 0.25) is 11.7 Å². The number of nitrogens with one attached hydrogen (secondary N) is 2. The van der Waals surface area contributed by atoms with Gasteiger partial charge in [-0.3, -0.25) is 9.59 Å². The Balaban J connectivity index is 2.23. The lowest BCUT2D eigenvalue weighted by molar-refractivity contribution is -0.123. The number of benzene rings is 1. The highest BCUT2D eigenvalue weighted by Crippen LogP contribution is 2.24. The number of nitrogens with zero attached hydrogens (tertiary/aromatic N) is 4. The smallest absolute Gasteiger partial charge is 0.291 e. The van der Waals surface area contributed by atoms with Crippen molar-refractivity contribution in [2.75, 3.05) is 6.54 Å². The van der Waals surface area contributed by atoms with Crippen LogP contribution in [0.5, 0.6) is 0 Å². The molecule has 28 heavy (non-hydrogen) atoms. The van der Waals surface area contributed by atoms with Crippen LogP contribution in [0, 0.1) is 24.2 Å². The van der Waals surface area contributed by atoms with Crippen LogP contribution in [0.25, 0.3) is 5.69 Å². The van der Waals surface area contributed by atoms with E-state index in [0.29, 0.717) is 28.0 Å². The van der Waals surface area contributed by atoms with Crippen molar-refractivity contribution in [2.45, 2.75) is 33.2 Å². The molecule has 8 nitrogen and oxygen atoms in total. The maximum Gasteiger partial charge on any atom is 0.291 e. The van der Waals surface area contributed by atoms with E-state index in [9.17, 15) is 9.59 Å². The number of carbonyl (C=O) groups is 2. The highest BCUT2D eigenvalue weighted by Gasteiger charge is 2.25. The van der Waals surface area contributed by atoms with Gasteiger partial charge in [0, 0.05) is 5.02 Å². The van der Waals surface area contributed by atoms with Gasteiger partial charge in [0.05, 0.1) is 16.8 Å². The van der Waals surface area contributed by atoms with E-state index in [1.807, 2.05) is 19.9 Å². The second kappa shape index (κ2) is 9.53. The van der Waals surface area contributed by atoms with Gasteiger partial charge in [-0.25, -0.2) is 9.67 Å². The lowest BCUT2D eigenvalue weighted by atomic mass is 10.0. The van der Waals surface area contributed by atoms with Crippen LogP contribution in [0.1, 0.15) is 36.7 Å². The van der Waals surface area contributed by atoms with E-state index in [4.69, 9.17) is 28.5 Å². The van der Waals surface area contributed by atoms with Crippen LogP contribution < -0.4 is 10.6 Å². The third-order valence-corrected chi connectivity index (χ3v) is 4.32. The van der Waals surface area contributed by atoms with Crippen molar-refractivity contribution in [3.63, 3.8) is 0 Å². The number of carbonyl (C=O) groups excluding carboxylic acids is 2. The molecular weight excluding hydrogens is 403 g/mol. The largest absolute Gasteiger partial charge is 0.341 e. The molecular formula is C18H20Cl2N6O2. The second-order valence-electron chi connectivity index (χ2n) is 6.52. The molecule has 1 atom stereocenters. The summed E-state index contributed by atoms with van der Waals surface area (Å²) >= 11 is 12.1. The van der Waals surface area contributed by atoms with E-state index in [1.165, 1.54) is 4.68 Å². The molecule has 10 heteroatoms. The first kappa shape index (κ1) is 21.7. The first-order chi connectivity index (χ1) is 13.2. The SMILES string of the molecule is Cc1nc(C(=O)N[C@@H](CC(C)C)C(=O)NCC#N)nn1-c1ccc(Cl)cc1Cl. The molecule has 148 valence electrons.